The summed E-state index contributed by atoms with van der Waals surface area (Å²) < 4.78 is 0. The minimum atomic E-state index is -0.0510. The molecule has 3 N–H and O–H groups in total. The van der Waals surface area contributed by atoms with Gasteiger partial charge in [0, 0.05) is 0 Å². The lowest BCUT2D eigenvalue weighted by Crippen LogP contribution is -2.28. The Bertz CT molecular complexity index is 477. The predicted molar refractivity (Wildman–Crippen MR) is 66.2 cm³/mol. The number of hydrazine groups is 1. The minimum absolute atomic E-state index is 0.0510. The maximum atomic E-state index is 5.46. The first-order chi connectivity index (χ1) is 8.35. The van der Waals surface area contributed by atoms with Gasteiger partial charge >= 0.3 is 0 Å². The third kappa shape index (κ3) is 2.58. The topological polar surface area (TPSA) is 68.8 Å². The van der Waals surface area contributed by atoms with Crippen LogP contribution >= 0.6 is 0 Å². The molecule has 1 heterocycles. The Morgan fingerprint density at radius 1 is 1.41 bits per heavy atom. The summed E-state index contributed by atoms with van der Waals surface area (Å²) in [7, 11) is 0. The molecule has 0 saturated heterocycles. The first-order valence-corrected chi connectivity index (χ1v) is 5.40. The summed E-state index contributed by atoms with van der Waals surface area (Å²) in [4.78, 5) is 1.59. The lowest BCUT2D eigenvalue weighted by Gasteiger charge is -2.09. The Morgan fingerprint density at radius 3 is 2.82 bits per heavy atom. The van der Waals surface area contributed by atoms with Gasteiger partial charge in [0.05, 0.1) is 17.9 Å². The van der Waals surface area contributed by atoms with Gasteiger partial charge in [-0.05, 0) is 18.6 Å². The van der Waals surface area contributed by atoms with E-state index in [1.165, 1.54) is 0 Å². The molecule has 88 valence electrons. The van der Waals surface area contributed by atoms with Crippen molar-refractivity contribution in [1.82, 2.24) is 20.4 Å². The third-order valence-electron chi connectivity index (χ3n) is 2.46. The molecule has 0 spiro atoms. The second kappa shape index (κ2) is 5.38. The first-order valence-electron chi connectivity index (χ1n) is 5.40. The van der Waals surface area contributed by atoms with E-state index < -0.39 is 0 Å². The summed E-state index contributed by atoms with van der Waals surface area (Å²) in [6.45, 7) is 3.69. The van der Waals surface area contributed by atoms with Gasteiger partial charge in [0.25, 0.3) is 0 Å². The van der Waals surface area contributed by atoms with E-state index in [0.717, 1.165) is 11.4 Å². The van der Waals surface area contributed by atoms with Gasteiger partial charge in [-0.2, -0.15) is 15.0 Å². The van der Waals surface area contributed by atoms with Crippen LogP contribution in [0.25, 0.3) is 5.69 Å². The molecule has 1 unspecified atom stereocenters. The van der Waals surface area contributed by atoms with Crippen LogP contribution in [-0.4, -0.2) is 15.0 Å². The molecule has 2 rings (SSSR count). The fraction of sp³-hybridized carbons (Fsp3) is 0.167. The van der Waals surface area contributed by atoms with Crippen LogP contribution in [0.15, 0.2) is 49.2 Å². The molecule has 0 aliphatic carbocycles. The van der Waals surface area contributed by atoms with Crippen molar-refractivity contribution in [2.75, 3.05) is 0 Å². The number of hydrogen-bond donors (Lipinski definition) is 2. The molecule has 0 aliphatic heterocycles. The molecule has 0 saturated carbocycles. The highest BCUT2D eigenvalue weighted by atomic mass is 15.5. The summed E-state index contributed by atoms with van der Waals surface area (Å²) in [5.41, 5.74) is 4.42. The lowest BCUT2D eigenvalue weighted by atomic mass is 10.1. The SMILES string of the molecule is C=CCC(NN)c1cnn(-c2ccccc2)n1. The fourth-order valence-corrected chi connectivity index (χ4v) is 1.56. The Balaban J connectivity index is 2.23. The molecule has 0 radical (unpaired) electrons. The Morgan fingerprint density at radius 2 is 2.18 bits per heavy atom. The van der Waals surface area contributed by atoms with Crippen molar-refractivity contribution in [2.45, 2.75) is 12.5 Å². The van der Waals surface area contributed by atoms with E-state index in [9.17, 15) is 0 Å². The van der Waals surface area contributed by atoms with Gasteiger partial charge < -0.3 is 0 Å². The van der Waals surface area contributed by atoms with Crippen molar-refractivity contribution in [3.05, 3.63) is 54.9 Å². The molecule has 5 nitrogen and oxygen atoms in total. The smallest absolute Gasteiger partial charge is 0.102 e. The van der Waals surface area contributed by atoms with Crippen molar-refractivity contribution in [1.29, 1.82) is 0 Å². The number of rotatable bonds is 5. The van der Waals surface area contributed by atoms with E-state index in [4.69, 9.17) is 5.84 Å². The van der Waals surface area contributed by atoms with Crippen LogP contribution in [0.4, 0.5) is 0 Å². The molecule has 1 atom stereocenters. The zero-order chi connectivity index (χ0) is 12.1. The molecular weight excluding hydrogens is 214 g/mol. The second-order valence-electron chi connectivity index (χ2n) is 3.64. The van der Waals surface area contributed by atoms with E-state index >= 15 is 0 Å². The van der Waals surface area contributed by atoms with Crippen LogP contribution < -0.4 is 11.3 Å². The van der Waals surface area contributed by atoms with Gasteiger partial charge in [-0.25, -0.2) is 0 Å². The average molecular weight is 229 g/mol. The van der Waals surface area contributed by atoms with Gasteiger partial charge in [-0.15, -0.1) is 6.58 Å². The van der Waals surface area contributed by atoms with Crippen LogP contribution in [0.2, 0.25) is 0 Å². The van der Waals surface area contributed by atoms with Gasteiger partial charge in [-0.3, -0.25) is 11.3 Å². The standard InChI is InChI=1S/C12H15N5/c1-2-6-11(15-13)12-9-14-17(16-12)10-7-4-3-5-8-10/h2-5,7-9,11,15H,1,6,13H2. The number of nitrogens with one attached hydrogen (secondary N) is 1. The Kier molecular flexibility index (Phi) is 3.64. The van der Waals surface area contributed by atoms with Crippen LogP contribution in [0.5, 0.6) is 0 Å². The van der Waals surface area contributed by atoms with E-state index in [-0.39, 0.29) is 6.04 Å². The Hall–Kier alpha value is -1.98. The highest BCUT2D eigenvalue weighted by Crippen LogP contribution is 2.13. The maximum absolute atomic E-state index is 5.46. The maximum Gasteiger partial charge on any atom is 0.102 e. The zero-order valence-electron chi connectivity index (χ0n) is 9.45. The molecule has 1 aromatic heterocycles. The van der Waals surface area contributed by atoms with Crippen molar-refractivity contribution < 1.29 is 0 Å². The largest absolute Gasteiger partial charge is 0.271 e. The quantitative estimate of drug-likeness (QED) is 0.461. The van der Waals surface area contributed by atoms with Crippen LogP contribution in [0.3, 0.4) is 0 Å². The van der Waals surface area contributed by atoms with Crippen molar-refractivity contribution >= 4 is 0 Å². The van der Waals surface area contributed by atoms with E-state index in [1.807, 2.05) is 30.3 Å². The van der Waals surface area contributed by atoms with Crippen LogP contribution in [0.1, 0.15) is 18.2 Å². The summed E-state index contributed by atoms with van der Waals surface area (Å²) in [6.07, 6.45) is 4.22. The summed E-state index contributed by atoms with van der Waals surface area (Å²) in [6, 6.07) is 9.69. The number of aromatic nitrogens is 3. The fourth-order valence-electron chi connectivity index (χ4n) is 1.56. The van der Waals surface area contributed by atoms with Gasteiger partial charge in [0.15, 0.2) is 0 Å². The molecule has 1 aromatic carbocycles. The summed E-state index contributed by atoms with van der Waals surface area (Å²) in [5, 5.41) is 8.60. The molecule has 5 heteroatoms. The number of nitrogens with zero attached hydrogens (tertiary/aromatic N) is 3. The van der Waals surface area contributed by atoms with E-state index in [2.05, 4.69) is 22.2 Å². The minimum Gasteiger partial charge on any atom is -0.271 e. The van der Waals surface area contributed by atoms with Crippen LogP contribution in [0, 0.1) is 0 Å². The van der Waals surface area contributed by atoms with Crippen molar-refractivity contribution in [3.63, 3.8) is 0 Å². The number of benzene rings is 1. The number of nitrogens with two attached hydrogens (primary N) is 1. The van der Waals surface area contributed by atoms with Gasteiger partial charge in [0.1, 0.15) is 5.69 Å². The monoisotopic (exact) mass is 229 g/mol. The molecule has 0 aliphatic rings. The summed E-state index contributed by atoms with van der Waals surface area (Å²) in [5.74, 6) is 5.46. The van der Waals surface area contributed by atoms with E-state index in [0.29, 0.717) is 6.42 Å². The highest BCUT2D eigenvalue weighted by Gasteiger charge is 2.12. The van der Waals surface area contributed by atoms with Crippen molar-refractivity contribution in [3.8, 4) is 5.69 Å². The molecule has 17 heavy (non-hydrogen) atoms. The van der Waals surface area contributed by atoms with Gasteiger partial charge in [-0.1, -0.05) is 24.3 Å². The molecule has 0 fully saturated rings. The second-order valence-corrected chi connectivity index (χ2v) is 3.64. The molecule has 0 amide bonds. The van der Waals surface area contributed by atoms with Gasteiger partial charge in [0.2, 0.25) is 0 Å². The van der Waals surface area contributed by atoms with E-state index in [1.54, 1.807) is 17.1 Å². The number of hydrogen-bond acceptors (Lipinski definition) is 4. The third-order valence-corrected chi connectivity index (χ3v) is 2.46. The molecule has 0 bridgehead atoms. The Labute approximate surface area is 99.9 Å². The lowest BCUT2D eigenvalue weighted by molar-refractivity contribution is 0.541. The average Bonchev–Trinajstić information content (AvgIpc) is 2.86. The predicted octanol–water partition coefficient (Wildman–Crippen LogP) is 1.35. The molecule has 2 aromatic rings. The normalized spacial score (nSPS) is 12.3. The summed E-state index contributed by atoms with van der Waals surface area (Å²) >= 11 is 0. The number of para-hydroxylation sites is 1. The molecular formula is C12H15N5. The van der Waals surface area contributed by atoms with Crippen molar-refractivity contribution in [2.24, 2.45) is 5.84 Å². The van der Waals surface area contributed by atoms with Crippen LogP contribution in [-0.2, 0) is 0 Å². The first kappa shape index (κ1) is 11.5. The highest BCUT2D eigenvalue weighted by molar-refractivity contribution is 5.28. The zero-order valence-corrected chi connectivity index (χ0v) is 9.45.